The van der Waals surface area contributed by atoms with Crippen molar-refractivity contribution in [2.24, 2.45) is 0 Å². The van der Waals surface area contributed by atoms with Crippen LogP contribution in [0, 0.1) is 0 Å². The van der Waals surface area contributed by atoms with E-state index >= 15 is 0 Å². The van der Waals surface area contributed by atoms with E-state index < -0.39 is 0 Å². The van der Waals surface area contributed by atoms with E-state index in [0.717, 1.165) is 29.5 Å². The Hall–Kier alpha value is -2.13. The second-order valence-electron chi connectivity index (χ2n) is 4.78. The number of benzene rings is 2. The predicted molar refractivity (Wildman–Crippen MR) is 84.8 cm³/mol. The Bertz CT molecular complexity index is 731. The molecule has 0 amide bonds. The molecule has 0 saturated heterocycles. The number of ether oxygens (including phenoxy) is 1. The molecule has 0 aliphatic rings. The first-order chi connectivity index (χ1) is 10.3. The number of fused-ring (bicyclic) bond motifs is 1. The minimum atomic E-state index is 0.468. The Balaban J connectivity index is 1.58. The highest BCUT2D eigenvalue weighted by molar-refractivity contribution is 6.34. The standard InChI is InChI=1S/C17H15ClN2O/c18-17-15-9-8-14(11-16(15)19-12-20-17)21-10-4-7-13-5-2-1-3-6-13/h1-3,5-6,8-9,11-12H,4,7,10H2. The molecule has 3 aromatic rings. The average molecular weight is 299 g/mol. The van der Waals surface area contributed by atoms with Gasteiger partial charge in [-0.3, -0.25) is 0 Å². The molecular formula is C17H15ClN2O. The van der Waals surface area contributed by atoms with Crippen LogP contribution in [0.3, 0.4) is 0 Å². The highest BCUT2D eigenvalue weighted by atomic mass is 35.5. The fourth-order valence-electron chi connectivity index (χ4n) is 2.20. The average Bonchev–Trinajstić information content (AvgIpc) is 2.53. The van der Waals surface area contributed by atoms with Crippen molar-refractivity contribution in [2.75, 3.05) is 6.61 Å². The quantitative estimate of drug-likeness (QED) is 0.520. The number of hydrogen-bond acceptors (Lipinski definition) is 3. The molecule has 1 aromatic heterocycles. The van der Waals surface area contributed by atoms with Crippen LogP contribution in [0.25, 0.3) is 10.9 Å². The van der Waals surface area contributed by atoms with Crippen molar-refractivity contribution in [3.8, 4) is 5.75 Å². The molecule has 0 aliphatic heterocycles. The molecule has 0 saturated carbocycles. The largest absolute Gasteiger partial charge is 0.494 e. The Morgan fingerprint density at radius 2 is 1.86 bits per heavy atom. The van der Waals surface area contributed by atoms with Crippen LogP contribution in [-0.2, 0) is 6.42 Å². The van der Waals surface area contributed by atoms with E-state index in [9.17, 15) is 0 Å². The molecule has 106 valence electrons. The first kappa shape index (κ1) is 13.8. The summed E-state index contributed by atoms with van der Waals surface area (Å²) in [6, 6.07) is 16.1. The normalized spacial score (nSPS) is 10.7. The Labute approximate surface area is 128 Å². The lowest BCUT2D eigenvalue weighted by atomic mass is 10.1. The van der Waals surface area contributed by atoms with E-state index in [1.807, 2.05) is 24.3 Å². The number of aryl methyl sites for hydroxylation is 1. The van der Waals surface area contributed by atoms with Crippen molar-refractivity contribution >= 4 is 22.5 Å². The lowest BCUT2D eigenvalue weighted by Crippen LogP contribution is -1.99. The summed E-state index contributed by atoms with van der Waals surface area (Å²) >= 11 is 6.01. The van der Waals surface area contributed by atoms with Gasteiger partial charge in [-0.05, 0) is 30.5 Å². The summed E-state index contributed by atoms with van der Waals surface area (Å²) in [5, 5.41) is 1.31. The second-order valence-corrected chi connectivity index (χ2v) is 5.14. The van der Waals surface area contributed by atoms with Crippen LogP contribution in [0.1, 0.15) is 12.0 Å². The van der Waals surface area contributed by atoms with E-state index in [1.54, 1.807) is 0 Å². The molecule has 0 fully saturated rings. The highest BCUT2D eigenvalue weighted by Crippen LogP contribution is 2.23. The van der Waals surface area contributed by atoms with E-state index in [0.29, 0.717) is 11.8 Å². The summed E-state index contributed by atoms with van der Waals surface area (Å²) in [6.07, 6.45) is 3.46. The van der Waals surface area contributed by atoms with Gasteiger partial charge in [0.15, 0.2) is 0 Å². The fraction of sp³-hybridized carbons (Fsp3) is 0.176. The van der Waals surface area contributed by atoms with Gasteiger partial charge in [-0.25, -0.2) is 9.97 Å². The smallest absolute Gasteiger partial charge is 0.140 e. The van der Waals surface area contributed by atoms with Gasteiger partial charge in [-0.2, -0.15) is 0 Å². The van der Waals surface area contributed by atoms with Gasteiger partial charge in [-0.15, -0.1) is 0 Å². The molecule has 1 heterocycles. The van der Waals surface area contributed by atoms with Crippen LogP contribution in [0.2, 0.25) is 5.15 Å². The van der Waals surface area contributed by atoms with Crippen molar-refractivity contribution in [1.82, 2.24) is 9.97 Å². The maximum atomic E-state index is 6.01. The first-order valence-corrected chi connectivity index (χ1v) is 7.28. The molecule has 0 bridgehead atoms. The number of rotatable bonds is 5. The summed E-state index contributed by atoms with van der Waals surface area (Å²) in [6.45, 7) is 0.680. The number of nitrogens with zero attached hydrogens (tertiary/aromatic N) is 2. The van der Waals surface area contributed by atoms with E-state index in [1.165, 1.54) is 11.9 Å². The van der Waals surface area contributed by atoms with Crippen molar-refractivity contribution in [2.45, 2.75) is 12.8 Å². The van der Waals surface area contributed by atoms with Crippen LogP contribution in [0.5, 0.6) is 5.75 Å². The van der Waals surface area contributed by atoms with Crippen molar-refractivity contribution in [3.63, 3.8) is 0 Å². The van der Waals surface area contributed by atoms with Crippen molar-refractivity contribution in [3.05, 3.63) is 65.6 Å². The lowest BCUT2D eigenvalue weighted by Gasteiger charge is -2.07. The first-order valence-electron chi connectivity index (χ1n) is 6.90. The number of halogens is 1. The van der Waals surface area contributed by atoms with Gasteiger partial charge in [0.1, 0.15) is 17.2 Å². The molecule has 4 heteroatoms. The third-order valence-electron chi connectivity index (χ3n) is 3.28. The Morgan fingerprint density at radius 3 is 2.71 bits per heavy atom. The Kier molecular flexibility index (Phi) is 4.31. The van der Waals surface area contributed by atoms with Crippen LogP contribution in [-0.4, -0.2) is 16.6 Å². The van der Waals surface area contributed by atoms with Crippen LogP contribution in [0.15, 0.2) is 54.9 Å². The molecule has 2 aromatic carbocycles. The molecule has 21 heavy (non-hydrogen) atoms. The lowest BCUT2D eigenvalue weighted by molar-refractivity contribution is 0.311. The SMILES string of the molecule is Clc1ncnc2cc(OCCCc3ccccc3)ccc12. The summed E-state index contributed by atoms with van der Waals surface area (Å²) < 4.78 is 5.77. The van der Waals surface area contributed by atoms with Gasteiger partial charge in [0, 0.05) is 11.5 Å². The molecule has 0 radical (unpaired) electrons. The molecule has 0 unspecified atom stereocenters. The van der Waals surface area contributed by atoms with Crippen molar-refractivity contribution < 1.29 is 4.74 Å². The number of hydrogen-bond donors (Lipinski definition) is 0. The van der Waals surface area contributed by atoms with Gasteiger partial charge in [0.05, 0.1) is 12.1 Å². The Morgan fingerprint density at radius 1 is 1.00 bits per heavy atom. The van der Waals surface area contributed by atoms with Crippen LogP contribution < -0.4 is 4.74 Å². The van der Waals surface area contributed by atoms with Gasteiger partial charge in [-0.1, -0.05) is 41.9 Å². The van der Waals surface area contributed by atoms with E-state index in [2.05, 4.69) is 34.2 Å². The fourth-order valence-corrected chi connectivity index (χ4v) is 2.41. The predicted octanol–water partition coefficient (Wildman–Crippen LogP) is 4.29. The molecule has 3 rings (SSSR count). The topological polar surface area (TPSA) is 35.0 Å². The summed E-state index contributed by atoms with van der Waals surface area (Å²) in [5.74, 6) is 0.810. The van der Waals surface area contributed by atoms with Gasteiger partial charge >= 0.3 is 0 Å². The zero-order valence-corrected chi connectivity index (χ0v) is 12.3. The zero-order valence-electron chi connectivity index (χ0n) is 11.5. The minimum absolute atomic E-state index is 0.468. The van der Waals surface area contributed by atoms with Crippen LogP contribution in [0.4, 0.5) is 0 Å². The molecular weight excluding hydrogens is 284 g/mol. The second kappa shape index (κ2) is 6.55. The van der Waals surface area contributed by atoms with Gasteiger partial charge in [0.2, 0.25) is 0 Å². The maximum absolute atomic E-state index is 6.01. The maximum Gasteiger partial charge on any atom is 0.140 e. The molecule has 0 aliphatic carbocycles. The monoisotopic (exact) mass is 298 g/mol. The van der Waals surface area contributed by atoms with Gasteiger partial charge < -0.3 is 4.74 Å². The highest BCUT2D eigenvalue weighted by Gasteiger charge is 2.03. The van der Waals surface area contributed by atoms with E-state index in [4.69, 9.17) is 16.3 Å². The van der Waals surface area contributed by atoms with E-state index in [-0.39, 0.29) is 0 Å². The minimum Gasteiger partial charge on any atom is -0.494 e. The number of aromatic nitrogens is 2. The summed E-state index contributed by atoms with van der Waals surface area (Å²) in [4.78, 5) is 8.16. The van der Waals surface area contributed by atoms with Crippen molar-refractivity contribution in [1.29, 1.82) is 0 Å². The summed E-state index contributed by atoms with van der Waals surface area (Å²) in [7, 11) is 0. The zero-order chi connectivity index (χ0) is 14.5. The molecule has 0 atom stereocenters. The van der Waals surface area contributed by atoms with Gasteiger partial charge in [0.25, 0.3) is 0 Å². The molecule has 0 spiro atoms. The van der Waals surface area contributed by atoms with Crippen LogP contribution >= 0.6 is 11.6 Å². The summed E-state index contributed by atoms with van der Waals surface area (Å²) in [5.41, 5.74) is 2.13. The molecule has 3 nitrogen and oxygen atoms in total. The third kappa shape index (κ3) is 3.50. The molecule has 0 N–H and O–H groups in total. The third-order valence-corrected chi connectivity index (χ3v) is 3.58.